The van der Waals surface area contributed by atoms with Gasteiger partial charge in [0.15, 0.2) is 50.3 Å². The van der Waals surface area contributed by atoms with E-state index in [1.807, 2.05) is 41.5 Å². The average molecular weight is 818 g/mol. The summed E-state index contributed by atoms with van der Waals surface area (Å²) >= 11 is 0. The third-order valence-electron chi connectivity index (χ3n) is 6.94. The molecule has 4 heterocycles. The average Bonchev–Trinajstić information content (AvgIpc) is 2.96. The molecule has 6 nitrogen and oxygen atoms in total. The molecule has 216 valence electrons. The van der Waals surface area contributed by atoms with Crippen molar-refractivity contribution < 1.29 is 86.5 Å². The summed E-state index contributed by atoms with van der Waals surface area (Å²) in [4.78, 5) is 3.07. The highest BCUT2D eigenvalue weighted by atomic mass is 79.9. The number of aromatic amines is 1. The van der Waals surface area contributed by atoms with E-state index in [9.17, 15) is 5.26 Å². The monoisotopic (exact) mass is 814 g/mol. The van der Waals surface area contributed by atoms with Gasteiger partial charge in [0.2, 0.25) is 6.54 Å². The molecule has 1 aromatic carbocycles. The van der Waals surface area contributed by atoms with Crippen molar-refractivity contribution in [2.45, 2.75) is 19.6 Å². The van der Waals surface area contributed by atoms with Crippen molar-refractivity contribution in [3.05, 3.63) is 133 Å². The topological polar surface area (TPSA) is 69.5 Å². The van der Waals surface area contributed by atoms with E-state index in [1.165, 1.54) is 22.3 Å². The van der Waals surface area contributed by atoms with Gasteiger partial charge in [-0.05, 0) is 34.4 Å². The van der Waals surface area contributed by atoms with E-state index in [-0.39, 0.29) is 67.9 Å². The van der Waals surface area contributed by atoms with E-state index in [4.69, 9.17) is 5.26 Å². The molecule has 0 radical (unpaired) electrons. The van der Waals surface area contributed by atoms with Gasteiger partial charge in [-0.25, -0.2) is 9.55 Å². The SMILES string of the molecule is N#CC[n+]1ccc(-c2cc[n+](Cc3ccc(C[N+]4(CC#N)C=CC(c5cc[nH+]cc5)=CC4)cc3)cc2)cc1.[Br-].[Br-].[Br-].[Br-]. The Labute approximate surface area is 289 Å². The fraction of sp³-hybridized carbons (Fsp3) is 0.156. The first-order valence-corrected chi connectivity index (χ1v) is 12.7. The van der Waals surface area contributed by atoms with Crippen molar-refractivity contribution in [1.82, 2.24) is 0 Å². The fourth-order valence-electron chi connectivity index (χ4n) is 4.79. The van der Waals surface area contributed by atoms with Gasteiger partial charge in [0.1, 0.15) is 25.2 Å². The predicted octanol–water partition coefficient (Wildman–Crippen LogP) is -8.22. The lowest BCUT2D eigenvalue weighted by molar-refractivity contribution is -0.880. The minimum atomic E-state index is 0. The van der Waals surface area contributed by atoms with Crippen molar-refractivity contribution in [1.29, 1.82) is 10.5 Å². The number of nitrogens with one attached hydrogen (secondary N) is 1. The number of halogens is 4. The maximum absolute atomic E-state index is 9.54. The Hall–Kier alpha value is -2.99. The minimum absolute atomic E-state index is 0. The summed E-state index contributed by atoms with van der Waals surface area (Å²) in [5.74, 6) is 0. The summed E-state index contributed by atoms with van der Waals surface area (Å²) in [5.41, 5.74) is 7.09. The van der Waals surface area contributed by atoms with Crippen LogP contribution in [0.2, 0.25) is 0 Å². The molecule has 4 aromatic rings. The first kappa shape index (κ1) is 37.0. The third kappa shape index (κ3) is 9.52. The van der Waals surface area contributed by atoms with Crippen LogP contribution in [0.5, 0.6) is 0 Å². The molecule has 42 heavy (non-hydrogen) atoms. The number of H-pyrrole nitrogens is 1. The van der Waals surface area contributed by atoms with Crippen LogP contribution in [0.15, 0.2) is 116 Å². The first-order chi connectivity index (χ1) is 18.7. The Balaban J connectivity index is 0.00000220. The van der Waals surface area contributed by atoms with Crippen molar-refractivity contribution in [3.63, 3.8) is 0 Å². The number of aromatic nitrogens is 3. The molecule has 1 unspecified atom stereocenters. The molecule has 3 aromatic heterocycles. The first-order valence-electron chi connectivity index (χ1n) is 12.7. The largest absolute Gasteiger partial charge is 1.00 e. The summed E-state index contributed by atoms with van der Waals surface area (Å²) < 4.78 is 4.63. The predicted molar refractivity (Wildman–Crippen MR) is 143 cm³/mol. The zero-order valence-corrected chi connectivity index (χ0v) is 29.1. The summed E-state index contributed by atoms with van der Waals surface area (Å²) in [6.07, 6.45) is 18.5. The number of quaternary nitrogens is 1. The molecule has 0 fully saturated rings. The van der Waals surface area contributed by atoms with Gasteiger partial charge < -0.3 is 67.9 Å². The van der Waals surface area contributed by atoms with Crippen LogP contribution in [-0.2, 0) is 19.6 Å². The molecule has 5 rings (SSSR count). The Bertz CT molecular complexity index is 1540. The molecule has 0 spiro atoms. The van der Waals surface area contributed by atoms with E-state index in [0.717, 1.165) is 30.8 Å². The molecule has 1 aliphatic heterocycles. The quantitative estimate of drug-likeness (QED) is 0.101. The zero-order chi connectivity index (χ0) is 26.2. The van der Waals surface area contributed by atoms with Gasteiger partial charge >= 0.3 is 0 Å². The molecule has 0 amide bonds. The number of rotatable bonds is 8. The maximum Gasteiger partial charge on any atom is 0.233 e. The van der Waals surface area contributed by atoms with E-state index < -0.39 is 0 Å². The molecule has 1 atom stereocenters. The van der Waals surface area contributed by atoms with Crippen LogP contribution in [-0.4, -0.2) is 17.6 Å². The molecule has 1 N–H and O–H groups in total. The number of nitriles is 2. The number of allylic oxidation sites excluding steroid dienone is 2. The highest BCUT2D eigenvalue weighted by Crippen LogP contribution is 2.25. The fourth-order valence-corrected chi connectivity index (χ4v) is 4.79. The molecular formula is C32H30Br4N6. The van der Waals surface area contributed by atoms with Gasteiger partial charge in [-0.3, -0.25) is 4.48 Å². The van der Waals surface area contributed by atoms with Crippen LogP contribution in [0.1, 0.15) is 16.7 Å². The standard InChI is InChI=1S/C32H29N6.4BrH/c33-13-21-36-17-7-30(8-18-36)31-9-19-37(20-10-31)25-27-1-3-28(4-2-27)26-38(24-14-34)22-11-32(12-23-38)29-5-15-35-16-6-29;;;;/h1-12,15-20,22H,21,23-26H2;4*1H/q+3;;;;/p-3. The number of hydrogen-bond donors (Lipinski definition) is 0. The second-order valence-electron chi connectivity index (χ2n) is 9.63. The molecule has 0 aliphatic carbocycles. The number of pyridine rings is 3. The van der Waals surface area contributed by atoms with E-state index in [1.54, 1.807) is 0 Å². The Morgan fingerprint density at radius 1 is 0.690 bits per heavy atom. The Morgan fingerprint density at radius 2 is 1.26 bits per heavy atom. The lowest BCUT2D eigenvalue weighted by Crippen LogP contribution is -3.00. The molecule has 0 bridgehead atoms. The van der Waals surface area contributed by atoms with Gasteiger partial charge in [-0.1, -0.05) is 24.3 Å². The van der Waals surface area contributed by atoms with Gasteiger partial charge in [0.05, 0.1) is 6.20 Å². The van der Waals surface area contributed by atoms with E-state index >= 15 is 0 Å². The second kappa shape index (κ2) is 17.8. The van der Waals surface area contributed by atoms with Crippen LogP contribution in [0, 0.1) is 22.7 Å². The summed E-state index contributed by atoms with van der Waals surface area (Å²) in [6.45, 7) is 3.16. The number of benzene rings is 1. The smallest absolute Gasteiger partial charge is 0.233 e. The van der Waals surface area contributed by atoms with Gasteiger partial charge in [-0.2, -0.15) is 15.1 Å². The van der Waals surface area contributed by atoms with Crippen molar-refractivity contribution in [3.8, 4) is 23.3 Å². The highest BCUT2D eigenvalue weighted by molar-refractivity contribution is 5.73. The van der Waals surface area contributed by atoms with Crippen LogP contribution in [0.3, 0.4) is 0 Å². The summed E-state index contributed by atoms with van der Waals surface area (Å²) in [6, 6.07) is 25.7. The van der Waals surface area contributed by atoms with E-state index in [2.05, 4.69) is 101 Å². The molecular weight excluding hydrogens is 788 g/mol. The van der Waals surface area contributed by atoms with Gasteiger partial charge in [0.25, 0.3) is 0 Å². The zero-order valence-electron chi connectivity index (χ0n) is 22.8. The van der Waals surface area contributed by atoms with E-state index in [0.29, 0.717) is 17.6 Å². The van der Waals surface area contributed by atoms with Crippen LogP contribution < -0.4 is 82.0 Å². The summed E-state index contributed by atoms with van der Waals surface area (Å²) in [7, 11) is 0. The molecule has 0 saturated carbocycles. The van der Waals surface area contributed by atoms with Crippen LogP contribution >= 0.6 is 0 Å². The van der Waals surface area contributed by atoms with Gasteiger partial charge in [-0.15, -0.1) is 0 Å². The van der Waals surface area contributed by atoms with Gasteiger partial charge in [0, 0.05) is 47.5 Å². The minimum Gasteiger partial charge on any atom is -1.00 e. The molecule has 1 aliphatic rings. The van der Waals surface area contributed by atoms with Crippen molar-refractivity contribution >= 4 is 5.57 Å². The third-order valence-corrected chi connectivity index (χ3v) is 6.94. The lowest BCUT2D eigenvalue weighted by atomic mass is 10.0. The van der Waals surface area contributed by atoms with Crippen molar-refractivity contribution in [2.75, 3.05) is 13.1 Å². The Kier molecular flexibility index (Phi) is 15.7. The highest BCUT2D eigenvalue weighted by Gasteiger charge is 2.27. The van der Waals surface area contributed by atoms with Crippen molar-refractivity contribution in [2.24, 2.45) is 0 Å². The van der Waals surface area contributed by atoms with Crippen LogP contribution in [0.25, 0.3) is 16.7 Å². The number of hydrogen-bond acceptors (Lipinski definition) is 2. The number of nitrogens with zero attached hydrogens (tertiary/aromatic N) is 5. The Morgan fingerprint density at radius 3 is 1.79 bits per heavy atom. The maximum atomic E-state index is 9.54. The summed E-state index contributed by atoms with van der Waals surface area (Å²) in [5, 5.41) is 18.4. The van der Waals surface area contributed by atoms with Crippen LogP contribution in [0.4, 0.5) is 0 Å². The molecule has 0 saturated heterocycles. The second-order valence-corrected chi connectivity index (χ2v) is 9.63. The normalized spacial score (nSPS) is 14.8. The lowest BCUT2D eigenvalue weighted by Gasteiger charge is -2.34. The molecule has 10 heteroatoms.